The van der Waals surface area contributed by atoms with Crippen molar-refractivity contribution in [1.82, 2.24) is 24.6 Å². The van der Waals surface area contributed by atoms with Crippen molar-refractivity contribution in [2.75, 3.05) is 18.9 Å². The fourth-order valence-corrected chi connectivity index (χ4v) is 4.32. The summed E-state index contributed by atoms with van der Waals surface area (Å²) >= 11 is 1.42. The minimum absolute atomic E-state index is 0.00579. The van der Waals surface area contributed by atoms with Crippen LogP contribution in [0.1, 0.15) is 29.9 Å². The lowest BCUT2D eigenvalue weighted by atomic mass is 10.2. The number of rotatable bonds is 9. The Bertz CT molecular complexity index is 963. The third-order valence-electron chi connectivity index (χ3n) is 5.25. The molecule has 8 heteroatoms. The molecule has 2 aromatic heterocycles. The zero-order valence-corrected chi connectivity index (χ0v) is 18.0. The number of nitrogens with zero attached hydrogens (tertiary/aromatic N) is 4. The summed E-state index contributed by atoms with van der Waals surface area (Å²) in [6, 6.07) is 14.4. The molecule has 0 saturated carbocycles. The summed E-state index contributed by atoms with van der Waals surface area (Å²) in [7, 11) is 2.03. The number of hydrogen-bond donors (Lipinski definition) is 1. The first-order valence-corrected chi connectivity index (χ1v) is 11.2. The van der Waals surface area contributed by atoms with Crippen molar-refractivity contribution < 1.29 is 9.53 Å². The van der Waals surface area contributed by atoms with Crippen molar-refractivity contribution in [3.8, 4) is 0 Å². The number of amides is 1. The number of carbonyl (C=O) groups excluding carboxylic acids is 1. The van der Waals surface area contributed by atoms with Crippen LogP contribution in [0.5, 0.6) is 0 Å². The van der Waals surface area contributed by atoms with E-state index in [0.717, 1.165) is 30.4 Å². The Morgan fingerprint density at radius 1 is 1.23 bits per heavy atom. The number of thioether (sulfide) groups is 1. The smallest absolute Gasteiger partial charge is 0.230 e. The van der Waals surface area contributed by atoms with Crippen LogP contribution in [0.2, 0.25) is 0 Å². The van der Waals surface area contributed by atoms with Crippen molar-refractivity contribution in [1.29, 1.82) is 0 Å². The summed E-state index contributed by atoms with van der Waals surface area (Å²) in [5.41, 5.74) is 2.35. The molecule has 0 aliphatic carbocycles. The van der Waals surface area contributed by atoms with Crippen molar-refractivity contribution in [3.63, 3.8) is 0 Å². The molecule has 0 spiro atoms. The summed E-state index contributed by atoms with van der Waals surface area (Å²) in [6.07, 6.45) is 4.96. The first-order valence-electron chi connectivity index (χ1n) is 10.3. The second-order valence-corrected chi connectivity index (χ2v) is 8.43. The van der Waals surface area contributed by atoms with E-state index in [0.29, 0.717) is 25.3 Å². The van der Waals surface area contributed by atoms with Gasteiger partial charge in [-0.3, -0.25) is 4.79 Å². The molecule has 1 amide bonds. The summed E-state index contributed by atoms with van der Waals surface area (Å²) in [6.45, 7) is 2.05. The van der Waals surface area contributed by atoms with Gasteiger partial charge in [0.2, 0.25) is 5.91 Å². The van der Waals surface area contributed by atoms with E-state index in [4.69, 9.17) is 4.74 Å². The zero-order chi connectivity index (χ0) is 20.8. The Morgan fingerprint density at radius 2 is 2.10 bits per heavy atom. The summed E-state index contributed by atoms with van der Waals surface area (Å²) in [4.78, 5) is 12.3. The van der Waals surface area contributed by atoms with Crippen LogP contribution < -0.4 is 5.32 Å². The Morgan fingerprint density at radius 3 is 2.83 bits per heavy atom. The van der Waals surface area contributed by atoms with Gasteiger partial charge in [-0.1, -0.05) is 42.1 Å². The normalized spacial score (nSPS) is 16.1. The third-order valence-corrected chi connectivity index (χ3v) is 6.22. The molecule has 3 heterocycles. The monoisotopic (exact) mass is 425 g/mol. The maximum Gasteiger partial charge on any atom is 0.230 e. The lowest BCUT2D eigenvalue weighted by molar-refractivity contribution is -0.119. The van der Waals surface area contributed by atoms with Crippen LogP contribution in [-0.2, 0) is 29.5 Å². The molecule has 0 bridgehead atoms. The Balaban J connectivity index is 1.44. The fourth-order valence-electron chi connectivity index (χ4n) is 3.54. The molecular formula is C22H27N5O2S. The van der Waals surface area contributed by atoms with Gasteiger partial charge < -0.3 is 19.2 Å². The molecular weight excluding hydrogens is 398 g/mol. The molecule has 1 atom stereocenters. The van der Waals surface area contributed by atoms with Gasteiger partial charge in [0.05, 0.1) is 18.4 Å². The Hall–Kier alpha value is -2.58. The van der Waals surface area contributed by atoms with E-state index >= 15 is 0 Å². The van der Waals surface area contributed by atoms with Crippen LogP contribution in [0.3, 0.4) is 0 Å². The number of nitrogens with one attached hydrogen (secondary N) is 1. The summed E-state index contributed by atoms with van der Waals surface area (Å²) in [5.74, 6) is 1.20. The van der Waals surface area contributed by atoms with Crippen LogP contribution >= 0.6 is 11.8 Å². The fraction of sp³-hybridized carbons (Fsp3) is 0.409. The third kappa shape index (κ3) is 5.31. The minimum Gasteiger partial charge on any atom is -0.376 e. The van der Waals surface area contributed by atoms with E-state index in [1.807, 2.05) is 37.5 Å². The molecule has 0 unspecified atom stereocenters. The lowest BCUT2D eigenvalue weighted by Crippen LogP contribution is -2.33. The average Bonchev–Trinajstić information content (AvgIpc) is 3.50. The SMILES string of the molecule is Cn1cccc1Cc1nnc(SCC(=O)NC[C@H]2CCCO2)n1Cc1ccccc1. The molecule has 1 aromatic carbocycles. The number of aromatic nitrogens is 4. The van der Waals surface area contributed by atoms with Crippen molar-refractivity contribution >= 4 is 17.7 Å². The average molecular weight is 426 g/mol. The predicted molar refractivity (Wildman–Crippen MR) is 116 cm³/mol. The van der Waals surface area contributed by atoms with E-state index in [9.17, 15) is 4.79 Å². The van der Waals surface area contributed by atoms with Crippen LogP contribution in [0.4, 0.5) is 0 Å². The molecule has 3 aromatic rings. The highest BCUT2D eigenvalue weighted by atomic mass is 32.2. The van der Waals surface area contributed by atoms with Gasteiger partial charge in [0.25, 0.3) is 0 Å². The second kappa shape index (κ2) is 9.95. The molecule has 158 valence electrons. The summed E-state index contributed by atoms with van der Waals surface area (Å²) in [5, 5.41) is 12.6. The molecule has 1 fully saturated rings. The molecule has 1 N–H and O–H groups in total. The molecule has 0 radical (unpaired) electrons. The standard InChI is InChI=1S/C22H27N5O2S/c1-26-11-5-9-18(26)13-20-24-25-22(27(20)15-17-7-3-2-4-8-17)30-16-21(28)23-14-19-10-6-12-29-19/h2-5,7-9,11,19H,6,10,12-16H2,1H3,(H,23,28)/t19-/m1/s1. The molecule has 1 aliphatic heterocycles. The van der Waals surface area contributed by atoms with Gasteiger partial charge >= 0.3 is 0 Å². The van der Waals surface area contributed by atoms with Crippen LogP contribution in [0.25, 0.3) is 0 Å². The highest BCUT2D eigenvalue weighted by Gasteiger charge is 2.18. The number of ether oxygens (including phenoxy) is 1. The van der Waals surface area contributed by atoms with E-state index in [2.05, 4.69) is 42.8 Å². The maximum atomic E-state index is 12.3. The van der Waals surface area contributed by atoms with Crippen molar-refractivity contribution in [2.45, 2.75) is 37.1 Å². The lowest BCUT2D eigenvalue weighted by Gasteiger charge is -2.12. The highest BCUT2D eigenvalue weighted by molar-refractivity contribution is 7.99. The number of carbonyl (C=O) groups is 1. The van der Waals surface area contributed by atoms with Gasteiger partial charge in [-0.05, 0) is 30.5 Å². The van der Waals surface area contributed by atoms with Gasteiger partial charge in [0, 0.05) is 38.5 Å². The van der Waals surface area contributed by atoms with E-state index in [1.54, 1.807) is 0 Å². The highest BCUT2D eigenvalue weighted by Crippen LogP contribution is 2.21. The van der Waals surface area contributed by atoms with Gasteiger partial charge in [-0.2, -0.15) is 0 Å². The molecule has 7 nitrogen and oxygen atoms in total. The second-order valence-electron chi connectivity index (χ2n) is 7.49. The first-order chi connectivity index (χ1) is 14.7. The van der Waals surface area contributed by atoms with Gasteiger partial charge in [-0.15, -0.1) is 10.2 Å². The predicted octanol–water partition coefficient (Wildman–Crippen LogP) is 2.64. The van der Waals surface area contributed by atoms with E-state index in [-0.39, 0.29) is 12.0 Å². The Labute approximate surface area is 180 Å². The van der Waals surface area contributed by atoms with Gasteiger partial charge in [0.15, 0.2) is 5.16 Å². The van der Waals surface area contributed by atoms with Crippen molar-refractivity contribution in [3.05, 3.63) is 65.7 Å². The number of aryl methyl sites for hydroxylation is 1. The largest absolute Gasteiger partial charge is 0.376 e. The van der Waals surface area contributed by atoms with Crippen LogP contribution in [-0.4, -0.2) is 50.2 Å². The zero-order valence-electron chi connectivity index (χ0n) is 17.2. The van der Waals surface area contributed by atoms with Crippen LogP contribution in [0.15, 0.2) is 53.8 Å². The first kappa shape index (κ1) is 20.7. The number of hydrogen-bond acceptors (Lipinski definition) is 5. The van der Waals surface area contributed by atoms with Gasteiger partial charge in [-0.25, -0.2) is 0 Å². The molecule has 1 aliphatic rings. The Kier molecular flexibility index (Phi) is 6.86. The van der Waals surface area contributed by atoms with E-state index in [1.165, 1.54) is 23.0 Å². The summed E-state index contributed by atoms with van der Waals surface area (Å²) < 4.78 is 9.77. The van der Waals surface area contributed by atoms with Crippen LogP contribution in [0, 0.1) is 0 Å². The topological polar surface area (TPSA) is 74.0 Å². The van der Waals surface area contributed by atoms with Gasteiger partial charge in [0.1, 0.15) is 5.82 Å². The van der Waals surface area contributed by atoms with E-state index < -0.39 is 0 Å². The minimum atomic E-state index is -0.00579. The quantitative estimate of drug-likeness (QED) is 0.534. The molecule has 4 rings (SSSR count). The molecule has 30 heavy (non-hydrogen) atoms. The maximum absolute atomic E-state index is 12.3. The molecule has 1 saturated heterocycles. The number of benzene rings is 1. The van der Waals surface area contributed by atoms with Crippen molar-refractivity contribution in [2.24, 2.45) is 7.05 Å².